The molecule has 2 heterocycles. The Hall–Kier alpha value is -0.520. The highest BCUT2D eigenvalue weighted by molar-refractivity contribution is 9.10. The van der Waals surface area contributed by atoms with Crippen molar-refractivity contribution in [2.45, 2.75) is 6.42 Å². The molecule has 0 bridgehead atoms. The number of hydrogen-bond acceptors (Lipinski definition) is 2. The van der Waals surface area contributed by atoms with Crippen LogP contribution in [0.2, 0.25) is 0 Å². The molecule has 0 spiro atoms. The Morgan fingerprint density at radius 3 is 3.00 bits per heavy atom. The van der Waals surface area contributed by atoms with Gasteiger partial charge in [0, 0.05) is 24.3 Å². The van der Waals surface area contributed by atoms with E-state index in [0.717, 1.165) is 30.5 Å². The van der Waals surface area contributed by atoms with E-state index >= 15 is 0 Å². The molecule has 1 unspecified atom stereocenters. The molecule has 4 nitrogen and oxygen atoms in total. The standard InChI is InChI=1S/C11H16BrN3O.ClH/c1-15-7-9(12)4-10(15)11(16)14-6-8-2-3-13-5-8;/h4,7-8,13H,2-3,5-6H2,1H3,(H,14,16);1H. The van der Waals surface area contributed by atoms with E-state index in [-0.39, 0.29) is 18.3 Å². The molecule has 0 aromatic carbocycles. The number of hydrogen-bond donors (Lipinski definition) is 2. The summed E-state index contributed by atoms with van der Waals surface area (Å²) in [6.45, 7) is 2.84. The number of carbonyl (C=O) groups is 1. The van der Waals surface area contributed by atoms with Gasteiger partial charge in [-0.1, -0.05) is 0 Å². The third kappa shape index (κ3) is 3.72. The molecule has 1 aliphatic rings. The molecule has 0 radical (unpaired) electrons. The Morgan fingerprint density at radius 2 is 2.47 bits per heavy atom. The number of aromatic nitrogens is 1. The number of nitrogens with one attached hydrogen (secondary N) is 2. The Morgan fingerprint density at radius 1 is 1.71 bits per heavy atom. The van der Waals surface area contributed by atoms with Crippen LogP contribution in [0.15, 0.2) is 16.7 Å². The number of amides is 1. The van der Waals surface area contributed by atoms with E-state index < -0.39 is 0 Å². The lowest BCUT2D eigenvalue weighted by molar-refractivity contribution is 0.0940. The van der Waals surface area contributed by atoms with Gasteiger partial charge in [0.25, 0.3) is 5.91 Å². The Bertz CT molecular complexity index is 388. The maximum atomic E-state index is 11.9. The van der Waals surface area contributed by atoms with Crippen LogP contribution in [0.25, 0.3) is 0 Å². The number of aryl methyl sites for hydroxylation is 1. The van der Waals surface area contributed by atoms with Crippen LogP contribution in [0.1, 0.15) is 16.9 Å². The van der Waals surface area contributed by atoms with Gasteiger partial charge in [-0.25, -0.2) is 0 Å². The molecule has 1 aliphatic heterocycles. The van der Waals surface area contributed by atoms with Crippen molar-refractivity contribution in [2.24, 2.45) is 13.0 Å². The lowest BCUT2D eigenvalue weighted by Crippen LogP contribution is -2.31. The molecule has 96 valence electrons. The van der Waals surface area contributed by atoms with Crippen molar-refractivity contribution in [3.63, 3.8) is 0 Å². The topological polar surface area (TPSA) is 46.1 Å². The zero-order valence-corrected chi connectivity index (χ0v) is 12.1. The number of carbonyl (C=O) groups excluding carboxylic acids is 1. The van der Waals surface area contributed by atoms with Gasteiger partial charge in [-0.15, -0.1) is 12.4 Å². The molecule has 1 fully saturated rings. The van der Waals surface area contributed by atoms with Crippen molar-refractivity contribution in [3.8, 4) is 0 Å². The molecule has 1 aromatic heterocycles. The zero-order valence-electron chi connectivity index (χ0n) is 9.70. The third-order valence-electron chi connectivity index (χ3n) is 2.92. The van der Waals surface area contributed by atoms with Crippen LogP contribution < -0.4 is 10.6 Å². The van der Waals surface area contributed by atoms with Gasteiger partial charge >= 0.3 is 0 Å². The average Bonchev–Trinajstić information content (AvgIpc) is 2.84. The van der Waals surface area contributed by atoms with E-state index in [1.165, 1.54) is 0 Å². The summed E-state index contributed by atoms with van der Waals surface area (Å²) in [4.78, 5) is 11.9. The maximum absolute atomic E-state index is 11.9. The Balaban J connectivity index is 0.00000144. The van der Waals surface area contributed by atoms with Gasteiger partial charge in [0.15, 0.2) is 0 Å². The second kappa shape index (κ2) is 6.42. The first kappa shape index (κ1) is 14.5. The number of halogens is 2. The summed E-state index contributed by atoms with van der Waals surface area (Å²) in [7, 11) is 1.87. The zero-order chi connectivity index (χ0) is 11.5. The lowest BCUT2D eigenvalue weighted by atomic mass is 10.1. The highest BCUT2D eigenvalue weighted by Gasteiger charge is 2.16. The monoisotopic (exact) mass is 321 g/mol. The molecule has 6 heteroatoms. The summed E-state index contributed by atoms with van der Waals surface area (Å²) in [6.07, 6.45) is 3.03. The van der Waals surface area contributed by atoms with Crippen molar-refractivity contribution >= 4 is 34.2 Å². The Labute approximate surface area is 116 Å². The predicted octanol–water partition coefficient (Wildman–Crippen LogP) is 1.55. The van der Waals surface area contributed by atoms with Crippen LogP contribution in [0, 0.1) is 5.92 Å². The number of rotatable bonds is 3. The van der Waals surface area contributed by atoms with Crippen LogP contribution in [0.4, 0.5) is 0 Å². The molecule has 0 aliphatic carbocycles. The summed E-state index contributed by atoms with van der Waals surface area (Å²) in [6, 6.07) is 1.84. The molecular weight excluding hydrogens is 305 g/mol. The minimum Gasteiger partial charge on any atom is -0.350 e. The fraction of sp³-hybridized carbons (Fsp3) is 0.545. The molecule has 1 aromatic rings. The van der Waals surface area contributed by atoms with Gasteiger partial charge in [0.2, 0.25) is 0 Å². The summed E-state index contributed by atoms with van der Waals surface area (Å²) in [5, 5.41) is 6.26. The quantitative estimate of drug-likeness (QED) is 0.887. The first-order chi connectivity index (χ1) is 7.66. The number of nitrogens with zero attached hydrogens (tertiary/aromatic N) is 1. The minimum atomic E-state index is 0. The molecule has 1 atom stereocenters. The second-order valence-corrected chi connectivity index (χ2v) is 5.14. The fourth-order valence-electron chi connectivity index (χ4n) is 1.97. The minimum absolute atomic E-state index is 0. The van der Waals surface area contributed by atoms with Crippen LogP contribution in [0.5, 0.6) is 0 Å². The van der Waals surface area contributed by atoms with E-state index in [2.05, 4.69) is 26.6 Å². The Kier molecular flexibility index (Phi) is 5.49. The molecule has 1 amide bonds. The molecule has 17 heavy (non-hydrogen) atoms. The van der Waals surface area contributed by atoms with Gasteiger partial charge in [0.1, 0.15) is 5.69 Å². The fourth-order valence-corrected chi connectivity index (χ4v) is 2.49. The normalized spacial score (nSPS) is 18.8. The van der Waals surface area contributed by atoms with Crippen LogP contribution in [-0.4, -0.2) is 30.1 Å². The first-order valence-corrected chi connectivity index (χ1v) is 6.27. The van der Waals surface area contributed by atoms with Crippen LogP contribution >= 0.6 is 28.3 Å². The smallest absolute Gasteiger partial charge is 0.267 e. The lowest BCUT2D eigenvalue weighted by Gasteiger charge is -2.10. The van der Waals surface area contributed by atoms with Gasteiger partial charge in [-0.2, -0.15) is 0 Å². The second-order valence-electron chi connectivity index (χ2n) is 4.22. The molecular formula is C11H17BrClN3O. The molecule has 0 saturated carbocycles. The van der Waals surface area contributed by atoms with Gasteiger partial charge in [-0.3, -0.25) is 4.79 Å². The highest BCUT2D eigenvalue weighted by atomic mass is 79.9. The molecule has 2 rings (SSSR count). The van der Waals surface area contributed by atoms with Crippen molar-refractivity contribution in [3.05, 3.63) is 22.4 Å². The van der Waals surface area contributed by atoms with E-state index in [1.54, 1.807) is 0 Å². The largest absolute Gasteiger partial charge is 0.350 e. The molecule has 1 saturated heterocycles. The summed E-state index contributed by atoms with van der Waals surface area (Å²) in [5.41, 5.74) is 0.692. The summed E-state index contributed by atoms with van der Waals surface area (Å²) < 4.78 is 2.76. The van der Waals surface area contributed by atoms with Crippen LogP contribution in [0.3, 0.4) is 0 Å². The van der Waals surface area contributed by atoms with Crippen molar-refractivity contribution in [2.75, 3.05) is 19.6 Å². The van der Waals surface area contributed by atoms with E-state index in [1.807, 2.05) is 23.9 Å². The highest BCUT2D eigenvalue weighted by Crippen LogP contribution is 2.13. The first-order valence-electron chi connectivity index (χ1n) is 5.47. The average molecular weight is 323 g/mol. The van der Waals surface area contributed by atoms with Gasteiger partial charge < -0.3 is 15.2 Å². The molecule has 2 N–H and O–H groups in total. The predicted molar refractivity (Wildman–Crippen MR) is 73.7 cm³/mol. The van der Waals surface area contributed by atoms with Crippen molar-refractivity contribution < 1.29 is 4.79 Å². The van der Waals surface area contributed by atoms with E-state index in [0.29, 0.717) is 11.6 Å². The SMILES string of the molecule is Cl.Cn1cc(Br)cc1C(=O)NCC1CCNC1. The third-order valence-corrected chi connectivity index (χ3v) is 3.35. The summed E-state index contributed by atoms with van der Waals surface area (Å²) >= 11 is 3.36. The van der Waals surface area contributed by atoms with Crippen molar-refractivity contribution in [1.82, 2.24) is 15.2 Å². The van der Waals surface area contributed by atoms with Gasteiger partial charge in [0.05, 0.1) is 0 Å². The maximum Gasteiger partial charge on any atom is 0.267 e. The summed E-state index contributed by atoms with van der Waals surface area (Å²) in [5.74, 6) is 0.577. The van der Waals surface area contributed by atoms with E-state index in [4.69, 9.17) is 0 Å². The van der Waals surface area contributed by atoms with Crippen molar-refractivity contribution in [1.29, 1.82) is 0 Å². The van der Waals surface area contributed by atoms with E-state index in [9.17, 15) is 4.79 Å². The van der Waals surface area contributed by atoms with Crippen LogP contribution in [-0.2, 0) is 7.05 Å². The van der Waals surface area contributed by atoms with Gasteiger partial charge in [-0.05, 0) is 47.4 Å².